The van der Waals surface area contributed by atoms with E-state index in [1.165, 1.54) is 14.2 Å². The lowest BCUT2D eigenvalue weighted by Gasteiger charge is -2.65. The van der Waals surface area contributed by atoms with Gasteiger partial charge in [0.05, 0.1) is 35.8 Å². The lowest BCUT2D eigenvalue weighted by atomic mass is 9.46. The number of hydrogen-bond donors (Lipinski definition) is 3. The molecule has 304 valence electrons. The van der Waals surface area contributed by atoms with Gasteiger partial charge in [-0.15, -0.1) is 0 Å². The van der Waals surface area contributed by atoms with Crippen LogP contribution in [0, 0.1) is 22.7 Å². The van der Waals surface area contributed by atoms with Gasteiger partial charge in [0.2, 0.25) is 0 Å². The molecule has 2 saturated carbocycles. The fourth-order valence-electron chi connectivity index (χ4n) is 9.62. The van der Waals surface area contributed by atoms with Crippen LogP contribution in [0.4, 0.5) is 4.79 Å². The first-order valence-corrected chi connectivity index (χ1v) is 19.1. The summed E-state index contributed by atoms with van der Waals surface area (Å²) in [5.41, 5.74) is -4.03. The zero-order chi connectivity index (χ0) is 41.0. The molecule has 1 amide bonds. The van der Waals surface area contributed by atoms with Gasteiger partial charge in [-0.25, -0.2) is 14.4 Å². The number of rotatable bonds is 9. The Morgan fingerprint density at radius 1 is 0.946 bits per heavy atom. The third-order valence-electron chi connectivity index (χ3n) is 12.6. The molecule has 0 radical (unpaired) electrons. The lowest BCUT2D eigenvalue weighted by molar-refractivity contribution is -0.280. The average Bonchev–Trinajstić information content (AvgIpc) is 3.14. The third kappa shape index (κ3) is 7.06. The number of nitrogens with one attached hydrogen (secondary N) is 1. The van der Waals surface area contributed by atoms with Gasteiger partial charge >= 0.3 is 18.0 Å². The number of amides is 1. The number of carbonyl (C=O) groups is 4. The minimum atomic E-state index is -1.99. The highest BCUT2D eigenvalue weighted by Crippen LogP contribution is 2.63. The Labute approximate surface area is 328 Å². The van der Waals surface area contributed by atoms with Crippen LogP contribution in [-0.4, -0.2) is 103 Å². The normalized spacial score (nSPS) is 33.3. The largest absolute Gasteiger partial charge is 0.456 e. The Morgan fingerprint density at radius 2 is 1.57 bits per heavy atom. The molecule has 2 aromatic carbocycles. The van der Waals surface area contributed by atoms with Crippen molar-refractivity contribution in [2.45, 2.75) is 115 Å². The molecule has 3 N–H and O–H groups in total. The second kappa shape index (κ2) is 15.3. The van der Waals surface area contributed by atoms with Crippen LogP contribution in [0.2, 0.25) is 0 Å². The highest BCUT2D eigenvalue weighted by Gasteiger charge is 2.72. The highest BCUT2D eigenvalue weighted by molar-refractivity contribution is 5.94. The first-order valence-electron chi connectivity index (χ1n) is 19.1. The van der Waals surface area contributed by atoms with Gasteiger partial charge in [-0.2, -0.15) is 0 Å². The van der Waals surface area contributed by atoms with E-state index in [1.807, 2.05) is 0 Å². The van der Waals surface area contributed by atoms with Gasteiger partial charge in [-0.3, -0.25) is 4.79 Å². The van der Waals surface area contributed by atoms with E-state index in [-0.39, 0.29) is 36.4 Å². The molecule has 13 nitrogen and oxygen atoms in total. The number of methoxy groups -OCH3 is 2. The number of fused-ring (bicyclic) bond motifs is 5. The van der Waals surface area contributed by atoms with Crippen LogP contribution in [0.1, 0.15) is 83.3 Å². The number of aliphatic hydroxyl groups is 2. The third-order valence-corrected chi connectivity index (χ3v) is 12.6. The van der Waals surface area contributed by atoms with E-state index in [1.54, 1.807) is 109 Å². The number of carbonyl (C=O) groups excluding carboxylic acids is 4. The van der Waals surface area contributed by atoms with Gasteiger partial charge in [0, 0.05) is 44.3 Å². The monoisotopic (exact) mass is 777 g/mol. The summed E-state index contributed by atoms with van der Waals surface area (Å²) in [6.07, 6.45) is -7.45. The summed E-state index contributed by atoms with van der Waals surface area (Å²) in [4.78, 5) is 56.4. The van der Waals surface area contributed by atoms with Crippen molar-refractivity contribution in [2.24, 2.45) is 22.7 Å². The SMILES string of the molecule is CO[C@H]1C(=O)[C@@]2(C)C([C@@H]3CO[C@@H]3C[C@@H]2OC)[C@H](OC(=O)c2ccccc2)[C@]2(O)C[C@H](OC(=O)[C@H](O)[C@@H](NC(=O)OC(C)(C)C)c3ccccc3)C(C)=C1C2(C)C. The molecule has 1 heterocycles. The fourth-order valence-corrected chi connectivity index (χ4v) is 9.62. The summed E-state index contributed by atoms with van der Waals surface area (Å²) < 4.78 is 36.1. The Bertz CT molecular complexity index is 1840. The molecule has 4 aliphatic rings. The molecule has 6 rings (SSSR count). The number of alkyl carbamates (subject to hydrolysis) is 1. The van der Waals surface area contributed by atoms with Gasteiger partial charge in [-0.1, -0.05) is 62.4 Å². The molecule has 11 atom stereocenters. The zero-order valence-electron chi connectivity index (χ0n) is 33.6. The summed E-state index contributed by atoms with van der Waals surface area (Å²) in [5.74, 6) is -3.26. The smallest absolute Gasteiger partial charge is 0.408 e. The summed E-state index contributed by atoms with van der Waals surface area (Å²) in [6.45, 7) is 12.4. The second-order valence-electron chi connectivity index (χ2n) is 17.2. The second-order valence-corrected chi connectivity index (χ2v) is 17.2. The molecule has 56 heavy (non-hydrogen) atoms. The minimum absolute atomic E-state index is 0.248. The Balaban J connectivity index is 1.46. The maximum atomic E-state index is 15.3. The maximum absolute atomic E-state index is 15.3. The molecule has 13 heteroatoms. The number of aliphatic hydroxyl groups excluding tert-OH is 1. The average molecular weight is 778 g/mol. The van der Waals surface area contributed by atoms with Crippen LogP contribution in [0.3, 0.4) is 0 Å². The van der Waals surface area contributed by atoms with Crippen molar-refractivity contribution in [3.05, 3.63) is 82.9 Å². The van der Waals surface area contributed by atoms with Crippen molar-refractivity contribution in [3.8, 4) is 0 Å². The van der Waals surface area contributed by atoms with Crippen LogP contribution in [-0.2, 0) is 38.0 Å². The van der Waals surface area contributed by atoms with Crippen molar-refractivity contribution < 1.29 is 57.8 Å². The van der Waals surface area contributed by atoms with Gasteiger partial charge < -0.3 is 44.0 Å². The number of benzene rings is 2. The molecule has 1 unspecified atom stereocenters. The van der Waals surface area contributed by atoms with Gasteiger partial charge in [0.1, 0.15) is 29.5 Å². The van der Waals surface area contributed by atoms with Crippen LogP contribution >= 0.6 is 0 Å². The topological polar surface area (TPSA) is 176 Å². The molecule has 2 aromatic rings. The van der Waals surface area contributed by atoms with Crippen LogP contribution in [0.15, 0.2) is 71.8 Å². The van der Waals surface area contributed by atoms with Crippen molar-refractivity contribution in [3.63, 3.8) is 0 Å². The van der Waals surface area contributed by atoms with E-state index in [4.69, 9.17) is 28.4 Å². The van der Waals surface area contributed by atoms with Crippen LogP contribution < -0.4 is 5.32 Å². The Morgan fingerprint density at radius 3 is 2.12 bits per heavy atom. The van der Waals surface area contributed by atoms with E-state index in [0.29, 0.717) is 23.1 Å². The summed E-state index contributed by atoms with van der Waals surface area (Å²) in [5, 5.41) is 27.7. The first-order chi connectivity index (χ1) is 26.3. The van der Waals surface area contributed by atoms with E-state index >= 15 is 4.79 Å². The van der Waals surface area contributed by atoms with Gasteiger partial charge in [-0.05, 0) is 63.5 Å². The van der Waals surface area contributed by atoms with Crippen molar-refractivity contribution >= 4 is 23.8 Å². The van der Waals surface area contributed by atoms with E-state index in [0.717, 1.165) is 0 Å². The highest BCUT2D eigenvalue weighted by atomic mass is 16.6. The maximum Gasteiger partial charge on any atom is 0.408 e. The zero-order valence-corrected chi connectivity index (χ0v) is 33.6. The number of Topliss-reactive ketones (excluding diaryl/α,β-unsaturated/α-hetero) is 1. The van der Waals surface area contributed by atoms with E-state index in [2.05, 4.69) is 5.32 Å². The van der Waals surface area contributed by atoms with Gasteiger partial charge in [0.15, 0.2) is 11.9 Å². The molecule has 0 aromatic heterocycles. The molecular formula is C43H55NO12. The van der Waals surface area contributed by atoms with Crippen molar-refractivity contribution in [1.29, 1.82) is 0 Å². The standard InChI is InChI=1S/C43H55NO12/c1-23-28(54-38(48)33(45)32(24-16-12-10-13-17-24)44-39(49)56-40(2,3)4)21-43(50)36(55-37(47)25-18-14-11-15-19-25)31-26-22-53-27(26)20-29(51-8)42(31,7)35(46)34(52-9)30(23)41(43,5)6/h10-19,26-29,31-34,36,45,50H,20-22H2,1-9H3,(H,44,49)/t26-,27-,28+,29+,31?,32+,33-,34-,36+,42-,43-/m1/s1. The molecule has 2 bridgehead atoms. The van der Waals surface area contributed by atoms with E-state index < -0.39 is 82.5 Å². The predicted octanol–water partition coefficient (Wildman–Crippen LogP) is 4.88. The number of ketones is 1. The van der Waals surface area contributed by atoms with Crippen molar-refractivity contribution in [2.75, 3.05) is 20.8 Å². The number of hydrogen-bond acceptors (Lipinski definition) is 12. The van der Waals surface area contributed by atoms with Gasteiger partial charge in [0.25, 0.3) is 0 Å². The number of ether oxygens (including phenoxy) is 6. The quantitative estimate of drug-likeness (QED) is 0.179. The van der Waals surface area contributed by atoms with Crippen LogP contribution in [0.5, 0.6) is 0 Å². The summed E-state index contributed by atoms with van der Waals surface area (Å²) >= 11 is 0. The first kappa shape index (κ1) is 41.5. The minimum Gasteiger partial charge on any atom is -0.456 e. The Kier molecular flexibility index (Phi) is 11.3. The molecule has 3 aliphatic carbocycles. The molecule has 3 fully saturated rings. The lowest BCUT2D eigenvalue weighted by Crippen LogP contribution is -2.75. The van der Waals surface area contributed by atoms with Crippen LogP contribution in [0.25, 0.3) is 0 Å². The summed E-state index contributed by atoms with van der Waals surface area (Å²) in [6, 6.07) is 15.5. The van der Waals surface area contributed by atoms with Crippen molar-refractivity contribution in [1.82, 2.24) is 5.32 Å². The number of esters is 2. The molecule has 1 saturated heterocycles. The molecule has 1 aliphatic heterocycles. The van der Waals surface area contributed by atoms with E-state index in [9.17, 15) is 24.6 Å². The fraction of sp³-hybridized carbons (Fsp3) is 0.581. The molecular weight excluding hydrogens is 722 g/mol. The molecule has 0 spiro atoms. The Hall–Kier alpha value is -4.14. The summed E-state index contributed by atoms with van der Waals surface area (Å²) in [7, 11) is 2.94. The predicted molar refractivity (Wildman–Crippen MR) is 202 cm³/mol.